The largest absolute Gasteiger partial charge is 0.454 e. The Labute approximate surface area is 233 Å². The molecule has 2 N–H and O–H groups in total. The van der Waals surface area contributed by atoms with E-state index in [1.54, 1.807) is 48.5 Å². The molecule has 196 valence electrons. The number of halogens is 2. The molecule has 2 heterocycles. The van der Waals surface area contributed by atoms with Crippen molar-refractivity contribution in [3.8, 4) is 17.6 Å². The molecular formula is C27H20Cl2N6O4. The van der Waals surface area contributed by atoms with Crippen LogP contribution in [0.15, 0.2) is 60.9 Å². The van der Waals surface area contributed by atoms with E-state index >= 15 is 0 Å². The lowest BCUT2D eigenvalue weighted by Gasteiger charge is -2.17. The van der Waals surface area contributed by atoms with E-state index in [0.717, 1.165) is 11.1 Å². The van der Waals surface area contributed by atoms with Crippen LogP contribution in [0.5, 0.6) is 11.5 Å². The Kier molecular flexibility index (Phi) is 7.36. The number of nitriles is 1. The molecule has 0 saturated carbocycles. The van der Waals surface area contributed by atoms with Crippen LogP contribution in [0.4, 0.5) is 23.0 Å². The molecule has 1 aliphatic heterocycles. The molecule has 12 heteroatoms. The van der Waals surface area contributed by atoms with Gasteiger partial charge in [-0.2, -0.15) is 5.26 Å². The fourth-order valence-electron chi connectivity index (χ4n) is 4.18. The van der Waals surface area contributed by atoms with Crippen molar-refractivity contribution in [2.24, 2.45) is 0 Å². The first-order chi connectivity index (χ1) is 18.8. The molecule has 1 aromatic heterocycles. The maximum Gasteiger partial charge on any atom is 0.353 e. The summed E-state index contributed by atoms with van der Waals surface area (Å²) in [7, 11) is 0. The van der Waals surface area contributed by atoms with E-state index < -0.39 is 10.8 Å². The van der Waals surface area contributed by atoms with Crippen molar-refractivity contribution in [2.75, 3.05) is 17.4 Å². The number of fused-ring (bicyclic) bond motifs is 1. The van der Waals surface area contributed by atoms with E-state index in [1.807, 2.05) is 13.0 Å². The molecule has 0 amide bonds. The molecule has 0 aliphatic carbocycles. The SMILES string of the molecule is Cc1cc(C(C#N)c2ccc(Cl)cc2)c(Cl)cc1Nc1ncnc(NCc2ccc3c(c2)OCO3)c1[N+](=O)[O-]. The van der Waals surface area contributed by atoms with E-state index in [-0.39, 0.29) is 30.7 Å². The zero-order valence-corrected chi connectivity index (χ0v) is 22.0. The van der Waals surface area contributed by atoms with Gasteiger partial charge in [0, 0.05) is 22.3 Å². The second kappa shape index (κ2) is 11.0. The number of ether oxygens (including phenoxy) is 2. The number of hydrogen-bond acceptors (Lipinski definition) is 9. The van der Waals surface area contributed by atoms with Crippen LogP contribution in [0.1, 0.15) is 28.2 Å². The fraction of sp³-hybridized carbons (Fsp3) is 0.148. The molecule has 1 aliphatic rings. The molecule has 1 unspecified atom stereocenters. The van der Waals surface area contributed by atoms with Crippen LogP contribution >= 0.6 is 23.2 Å². The molecule has 0 bridgehead atoms. The van der Waals surface area contributed by atoms with Gasteiger partial charge < -0.3 is 20.1 Å². The van der Waals surface area contributed by atoms with Gasteiger partial charge in [-0.3, -0.25) is 10.1 Å². The molecule has 3 aromatic carbocycles. The summed E-state index contributed by atoms with van der Waals surface area (Å²) in [4.78, 5) is 19.7. The van der Waals surface area contributed by atoms with E-state index in [1.165, 1.54) is 6.33 Å². The minimum Gasteiger partial charge on any atom is -0.454 e. The molecule has 5 rings (SSSR count). The van der Waals surface area contributed by atoms with Crippen molar-refractivity contribution < 1.29 is 14.4 Å². The summed E-state index contributed by atoms with van der Waals surface area (Å²) in [5.74, 6) is 0.669. The number of rotatable bonds is 8. The van der Waals surface area contributed by atoms with Crippen LogP contribution in [-0.4, -0.2) is 21.7 Å². The minimum absolute atomic E-state index is 0.00959. The van der Waals surface area contributed by atoms with Gasteiger partial charge in [-0.1, -0.05) is 47.5 Å². The van der Waals surface area contributed by atoms with Crippen LogP contribution in [0.25, 0.3) is 0 Å². The van der Waals surface area contributed by atoms with Gasteiger partial charge >= 0.3 is 5.69 Å². The van der Waals surface area contributed by atoms with Crippen LogP contribution in [0.3, 0.4) is 0 Å². The van der Waals surface area contributed by atoms with Crippen LogP contribution in [0, 0.1) is 28.4 Å². The number of aryl methyl sites for hydroxylation is 1. The van der Waals surface area contributed by atoms with Gasteiger partial charge in [0.25, 0.3) is 0 Å². The van der Waals surface area contributed by atoms with Crippen molar-refractivity contribution in [3.63, 3.8) is 0 Å². The number of nitrogens with one attached hydrogen (secondary N) is 2. The molecule has 0 saturated heterocycles. The first-order valence-corrected chi connectivity index (χ1v) is 12.4. The van der Waals surface area contributed by atoms with Crippen molar-refractivity contribution >= 4 is 46.2 Å². The van der Waals surface area contributed by atoms with Crippen molar-refractivity contribution in [2.45, 2.75) is 19.4 Å². The molecule has 1 atom stereocenters. The number of benzene rings is 3. The molecule has 0 fully saturated rings. The van der Waals surface area contributed by atoms with E-state index in [4.69, 9.17) is 32.7 Å². The van der Waals surface area contributed by atoms with Crippen molar-refractivity contribution in [3.05, 3.63) is 103 Å². The highest BCUT2D eigenvalue weighted by atomic mass is 35.5. The van der Waals surface area contributed by atoms with E-state index in [0.29, 0.717) is 38.4 Å². The fourth-order valence-corrected chi connectivity index (χ4v) is 4.57. The Morgan fingerprint density at radius 2 is 1.82 bits per heavy atom. The highest BCUT2D eigenvalue weighted by Crippen LogP contribution is 2.38. The van der Waals surface area contributed by atoms with Gasteiger partial charge in [0.1, 0.15) is 6.33 Å². The average molecular weight is 563 g/mol. The van der Waals surface area contributed by atoms with Gasteiger partial charge in [0.05, 0.1) is 16.9 Å². The Hall–Kier alpha value is -4.59. The number of nitro groups is 1. The molecular weight excluding hydrogens is 543 g/mol. The molecule has 4 aromatic rings. The monoisotopic (exact) mass is 562 g/mol. The zero-order valence-electron chi connectivity index (χ0n) is 20.4. The van der Waals surface area contributed by atoms with Crippen molar-refractivity contribution in [1.82, 2.24) is 9.97 Å². The van der Waals surface area contributed by atoms with Gasteiger partial charge in [-0.25, -0.2) is 9.97 Å². The quantitative estimate of drug-likeness (QED) is 0.176. The summed E-state index contributed by atoms with van der Waals surface area (Å²) in [6.07, 6.45) is 1.23. The Morgan fingerprint density at radius 1 is 1.08 bits per heavy atom. The first kappa shape index (κ1) is 26.0. The Bertz CT molecular complexity index is 1610. The predicted molar refractivity (Wildman–Crippen MR) is 147 cm³/mol. The standard InChI is InChI=1S/C27H20Cl2N6O4/c1-15-8-19(20(11-30)17-3-5-18(28)6-4-17)21(29)10-22(15)34-27-25(35(36)37)26(32-13-33-27)31-12-16-2-7-23-24(9-16)39-14-38-23/h2-10,13,20H,12,14H2,1H3,(H2,31,32,33,34). The summed E-state index contributed by atoms with van der Waals surface area (Å²) >= 11 is 12.6. The summed E-state index contributed by atoms with van der Waals surface area (Å²) in [6, 6.07) is 18.1. The number of aromatic nitrogens is 2. The highest BCUT2D eigenvalue weighted by Gasteiger charge is 2.25. The zero-order chi connectivity index (χ0) is 27.5. The molecule has 10 nitrogen and oxygen atoms in total. The predicted octanol–water partition coefficient (Wildman–Crippen LogP) is 6.74. The number of anilines is 3. The van der Waals surface area contributed by atoms with E-state index in [9.17, 15) is 15.4 Å². The summed E-state index contributed by atoms with van der Waals surface area (Å²) in [6.45, 7) is 2.22. The second-order valence-corrected chi connectivity index (χ2v) is 9.49. The lowest BCUT2D eigenvalue weighted by Crippen LogP contribution is -2.09. The summed E-state index contributed by atoms with van der Waals surface area (Å²) in [5, 5.41) is 28.8. The summed E-state index contributed by atoms with van der Waals surface area (Å²) in [5.41, 5.74) is 3.06. The Morgan fingerprint density at radius 3 is 2.56 bits per heavy atom. The topological polar surface area (TPSA) is 135 Å². The van der Waals surface area contributed by atoms with Crippen LogP contribution < -0.4 is 20.1 Å². The first-order valence-electron chi connectivity index (χ1n) is 11.7. The minimum atomic E-state index is -0.622. The van der Waals surface area contributed by atoms with Gasteiger partial charge in [0.2, 0.25) is 18.4 Å². The van der Waals surface area contributed by atoms with E-state index in [2.05, 4.69) is 26.7 Å². The molecule has 39 heavy (non-hydrogen) atoms. The third kappa shape index (κ3) is 5.50. The van der Waals surface area contributed by atoms with Crippen LogP contribution in [-0.2, 0) is 6.54 Å². The van der Waals surface area contributed by atoms with Crippen LogP contribution in [0.2, 0.25) is 10.0 Å². The van der Waals surface area contributed by atoms with Gasteiger partial charge in [-0.15, -0.1) is 0 Å². The maximum atomic E-state index is 12.0. The van der Waals surface area contributed by atoms with Gasteiger partial charge in [-0.05, 0) is 59.5 Å². The lowest BCUT2D eigenvalue weighted by molar-refractivity contribution is -0.383. The number of nitrogens with zero attached hydrogens (tertiary/aromatic N) is 4. The number of hydrogen-bond donors (Lipinski definition) is 2. The lowest BCUT2D eigenvalue weighted by atomic mass is 9.91. The third-order valence-corrected chi connectivity index (χ3v) is 6.72. The smallest absolute Gasteiger partial charge is 0.353 e. The summed E-state index contributed by atoms with van der Waals surface area (Å²) < 4.78 is 10.7. The highest BCUT2D eigenvalue weighted by molar-refractivity contribution is 6.32. The average Bonchev–Trinajstić information content (AvgIpc) is 3.39. The third-order valence-electron chi connectivity index (χ3n) is 6.14. The normalized spacial score (nSPS) is 12.5. The second-order valence-electron chi connectivity index (χ2n) is 8.65. The Balaban J connectivity index is 1.41. The molecule has 0 radical (unpaired) electrons. The molecule has 0 spiro atoms. The van der Waals surface area contributed by atoms with Gasteiger partial charge in [0.15, 0.2) is 11.5 Å². The maximum absolute atomic E-state index is 12.0. The van der Waals surface area contributed by atoms with Crippen molar-refractivity contribution in [1.29, 1.82) is 5.26 Å².